The van der Waals surface area contributed by atoms with E-state index < -0.39 is 29.6 Å². The second-order valence-electron chi connectivity index (χ2n) is 5.95. The fourth-order valence-electron chi connectivity index (χ4n) is 2.39. The van der Waals surface area contributed by atoms with E-state index in [0.717, 1.165) is 12.1 Å². The molecule has 0 saturated carbocycles. The standard InChI is InChI=1S/C20H16F2N2O4/c1-11-17(24-19(27-11)13-6-4-3-5-7-13)20(26)28-12(2)18(25)23-16-9-8-14(21)10-15(16)22/h3-10,12H,1-2H3,(H,23,25)/t12-/m0/s1. The highest BCUT2D eigenvalue weighted by molar-refractivity contribution is 5.97. The van der Waals surface area contributed by atoms with Crippen molar-refractivity contribution in [3.05, 3.63) is 71.6 Å². The minimum absolute atomic E-state index is 0.0635. The Morgan fingerprint density at radius 2 is 1.86 bits per heavy atom. The largest absolute Gasteiger partial charge is 0.448 e. The van der Waals surface area contributed by atoms with Gasteiger partial charge in [0.15, 0.2) is 11.8 Å². The Kier molecular flexibility index (Phi) is 5.49. The number of nitrogens with zero attached hydrogens (tertiary/aromatic N) is 1. The third-order valence-electron chi connectivity index (χ3n) is 3.85. The Hall–Kier alpha value is -3.55. The van der Waals surface area contributed by atoms with E-state index in [0.29, 0.717) is 11.6 Å². The Morgan fingerprint density at radius 1 is 1.14 bits per heavy atom. The summed E-state index contributed by atoms with van der Waals surface area (Å²) in [5.41, 5.74) is 0.395. The van der Waals surface area contributed by atoms with E-state index in [-0.39, 0.29) is 23.0 Å². The second kappa shape index (κ2) is 7.99. The number of amides is 1. The molecule has 8 heteroatoms. The Balaban J connectivity index is 1.68. The van der Waals surface area contributed by atoms with Crippen LogP contribution in [0.3, 0.4) is 0 Å². The zero-order chi connectivity index (χ0) is 20.3. The number of carbonyl (C=O) groups is 2. The fourth-order valence-corrected chi connectivity index (χ4v) is 2.39. The molecule has 0 bridgehead atoms. The minimum atomic E-state index is -1.24. The number of anilines is 1. The molecule has 0 saturated heterocycles. The van der Waals surface area contributed by atoms with Gasteiger partial charge in [-0.15, -0.1) is 0 Å². The third kappa shape index (κ3) is 4.22. The van der Waals surface area contributed by atoms with Gasteiger partial charge in [-0.2, -0.15) is 0 Å². The number of ether oxygens (including phenoxy) is 1. The van der Waals surface area contributed by atoms with Gasteiger partial charge in [0.1, 0.15) is 17.4 Å². The van der Waals surface area contributed by atoms with Crippen LogP contribution in [0.5, 0.6) is 0 Å². The van der Waals surface area contributed by atoms with E-state index in [4.69, 9.17) is 9.15 Å². The summed E-state index contributed by atoms with van der Waals surface area (Å²) in [5.74, 6) is -2.86. The summed E-state index contributed by atoms with van der Waals surface area (Å²) in [6.07, 6.45) is -1.24. The molecular formula is C20H16F2N2O4. The summed E-state index contributed by atoms with van der Waals surface area (Å²) in [7, 11) is 0. The summed E-state index contributed by atoms with van der Waals surface area (Å²) in [4.78, 5) is 28.6. The lowest BCUT2D eigenvalue weighted by Crippen LogP contribution is -2.30. The number of aryl methyl sites for hydroxylation is 1. The minimum Gasteiger partial charge on any atom is -0.448 e. The monoisotopic (exact) mass is 386 g/mol. The van der Waals surface area contributed by atoms with Crippen LogP contribution in [-0.2, 0) is 9.53 Å². The molecule has 1 amide bonds. The number of rotatable bonds is 5. The average Bonchev–Trinajstić information content (AvgIpc) is 3.06. The van der Waals surface area contributed by atoms with Crippen LogP contribution in [-0.4, -0.2) is 23.0 Å². The van der Waals surface area contributed by atoms with Crippen molar-refractivity contribution >= 4 is 17.6 Å². The van der Waals surface area contributed by atoms with Gasteiger partial charge in [-0.25, -0.2) is 18.6 Å². The highest BCUT2D eigenvalue weighted by Gasteiger charge is 2.25. The molecule has 0 spiro atoms. The van der Waals surface area contributed by atoms with Crippen LogP contribution >= 0.6 is 0 Å². The topological polar surface area (TPSA) is 81.4 Å². The summed E-state index contributed by atoms with van der Waals surface area (Å²) in [6.45, 7) is 2.87. The Bertz CT molecular complexity index is 1020. The summed E-state index contributed by atoms with van der Waals surface area (Å²) >= 11 is 0. The van der Waals surface area contributed by atoms with Gasteiger partial charge >= 0.3 is 5.97 Å². The van der Waals surface area contributed by atoms with Crippen molar-refractivity contribution in [2.75, 3.05) is 5.32 Å². The van der Waals surface area contributed by atoms with Crippen LogP contribution in [0.15, 0.2) is 52.9 Å². The summed E-state index contributed by atoms with van der Waals surface area (Å²) < 4.78 is 37.1. The molecule has 28 heavy (non-hydrogen) atoms. The SMILES string of the molecule is Cc1oc(-c2ccccc2)nc1C(=O)O[C@@H](C)C(=O)Nc1ccc(F)cc1F. The van der Waals surface area contributed by atoms with Crippen molar-refractivity contribution in [3.63, 3.8) is 0 Å². The second-order valence-corrected chi connectivity index (χ2v) is 5.95. The van der Waals surface area contributed by atoms with Crippen molar-refractivity contribution in [1.29, 1.82) is 0 Å². The van der Waals surface area contributed by atoms with Crippen LogP contribution in [0.4, 0.5) is 14.5 Å². The van der Waals surface area contributed by atoms with E-state index >= 15 is 0 Å². The van der Waals surface area contributed by atoms with Crippen molar-refractivity contribution in [2.24, 2.45) is 0 Å². The van der Waals surface area contributed by atoms with Gasteiger partial charge in [0, 0.05) is 11.6 Å². The molecule has 1 atom stereocenters. The molecule has 0 unspecified atom stereocenters. The number of oxazole rings is 1. The van der Waals surface area contributed by atoms with Crippen LogP contribution in [0.2, 0.25) is 0 Å². The molecule has 0 aliphatic heterocycles. The fraction of sp³-hybridized carbons (Fsp3) is 0.150. The molecule has 144 valence electrons. The number of halogens is 2. The van der Waals surface area contributed by atoms with Crippen molar-refractivity contribution in [1.82, 2.24) is 4.98 Å². The molecule has 0 aliphatic rings. The molecular weight excluding hydrogens is 370 g/mol. The summed E-state index contributed by atoms with van der Waals surface area (Å²) in [5, 5.41) is 2.24. The number of carbonyl (C=O) groups excluding carboxylic acids is 2. The van der Waals surface area contributed by atoms with Crippen molar-refractivity contribution < 1.29 is 27.5 Å². The number of hydrogen-bond donors (Lipinski definition) is 1. The molecule has 0 aliphatic carbocycles. The van der Waals surface area contributed by atoms with E-state index in [1.165, 1.54) is 6.92 Å². The lowest BCUT2D eigenvalue weighted by Gasteiger charge is -2.13. The lowest BCUT2D eigenvalue weighted by molar-refractivity contribution is -0.123. The number of benzene rings is 2. The van der Waals surface area contributed by atoms with E-state index in [1.54, 1.807) is 31.2 Å². The molecule has 1 heterocycles. The maximum absolute atomic E-state index is 13.6. The predicted molar refractivity (Wildman–Crippen MR) is 96.5 cm³/mol. The van der Waals surface area contributed by atoms with Gasteiger partial charge in [-0.1, -0.05) is 18.2 Å². The van der Waals surface area contributed by atoms with Crippen molar-refractivity contribution in [3.8, 4) is 11.5 Å². The summed E-state index contributed by atoms with van der Waals surface area (Å²) in [6, 6.07) is 11.7. The Labute approximate surface area is 159 Å². The maximum atomic E-state index is 13.6. The normalized spacial score (nSPS) is 11.7. The van der Waals surface area contributed by atoms with E-state index in [9.17, 15) is 18.4 Å². The van der Waals surface area contributed by atoms with Gasteiger partial charge in [-0.3, -0.25) is 4.79 Å². The van der Waals surface area contributed by atoms with E-state index in [2.05, 4.69) is 10.3 Å². The predicted octanol–water partition coefficient (Wildman–Crippen LogP) is 4.11. The van der Waals surface area contributed by atoms with Gasteiger partial charge in [-0.05, 0) is 38.1 Å². The zero-order valence-corrected chi connectivity index (χ0v) is 15.0. The highest BCUT2D eigenvalue weighted by atomic mass is 19.1. The molecule has 0 radical (unpaired) electrons. The number of esters is 1. The van der Waals surface area contributed by atoms with Crippen LogP contribution in [0, 0.1) is 18.6 Å². The number of nitrogens with one attached hydrogen (secondary N) is 1. The first-order chi connectivity index (χ1) is 13.3. The van der Waals surface area contributed by atoms with Gasteiger partial charge in [0.2, 0.25) is 5.89 Å². The number of hydrogen-bond acceptors (Lipinski definition) is 5. The first-order valence-corrected chi connectivity index (χ1v) is 8.35. The molecule has 3 rings (SSSR count). The molecule has 1 N–H and O–H groups in total. The smallest absolute Gasteiger partial charge is 0.361 e. The maximum Gasteiger partial charge on any atom is 0.361 e. The first kappa shape index (κ1) is 19.2. The van der Waals surface area contributed by atoms with Crippen LogP contribution < -0.4 is 5.32 Å². The highest BCUT2D eigenvalue weighted by Crippen LogP contribution is 2.22. The molecule has 2 aromatic carbocycles. The zero-order valence-electron chi connectivity index (χ0n) is 15.0. The average molecular weight is 386 g/mol. The lowest BCUT2D eigenvalue weighted by atomic mass is 10.2. The first-order valence-electron chi connectivity index (χ1n) is 8.35. The quantitative estimate of drug-likeness (QED) is 0.668. The molecule has 6 nitrogen and oxygen atoms in total. The van der Waals surface area contributed by atoms with Crippen LogP contribution in [0.25, 0.3) is 11.5 Å². The molecule has 0 fully saturated rings. The molecule has 3 aromatic rings. The Morgan fingerprint density at radius 3 is 2.54 bits per heavy atom. The van der Waals surface area contributed by atoms with Gasteiger partial charge in [0.25, 0.3) is 5.91 Å². The van der Waals surface area contributed by atoms with Gasteiger partial charge in [0.05, 0.1) is 5.69 Å². The molecule has 1 aromatic heterocycles. The van der Waals surface area contributed by atoms with Crippen molar-refractivity contribution in [2.45, 2.75) is 20.0 Å². The third-order valence-corrected chi connectivity index (χ3v) is 3.85. The van der Waals surface area contributed by atoms with Crippen LogP contribution in [0.1, 0.15) is 23.2 Å². The number of aromatic nitrogens is 1. The van der Waals surface area contributed by atoms with E-state index in [1.807, 2.05) is 6.07 Å². The van der Waals surface area contributed by atoms with Gasteiger partial charge < -0.3 is 14.5 Å².